The average molecular weight is 219 g/mol. The smallest absolute Gasteiger partial charge is 0.258 e. The lowest BCUT2D eigenvalue weighted by Gasteiger charge is -2.15. The number of benzene rings is 1. The number of non-ortho nitro benzene ring substituents is 1. The highest BCUT2D eigenvalue weighted by Gasteiger charge is 2.36. The highest BCUT2D eigenvalue weighted by molar-refractivity contribution is 5.34. The zero-order chi connectivity index (χ0) is 11.6. The van der Waals surface area contributed by atoms with Gasteiger partial charge in [-0.25, -0.2) is 0 Å². The first-order chi connectivity index (χ1) is 6.82. The van der Waals surface area contributed by atoms with Gasteiger partial charge < -0.3 is 0 Å². The van der Waals surface area contributed by atoms with E-state index in [4.69, 9.17) is 0 Å². The van der Waals surface area contributed by atoms with Crippen LogP contribution in [0.4, 0.5) is 18.9 Å². The second-order valence-corrected chi connectivity index (χ2v) is 3.11. The maximum atomic E-state index is 12.3. The van der Waals surface area contributed by atoms with Gasteiger partial charge in [0.1, 0.15) is 0 Å². The van der Waals surface area contributed by atoms with Crippen molar-refractivity contribution in [3.05, 3.63) is 39.9 Å². The third kappa shape index (κ3) is 2.68. The van der Waals surface area contributed by atoms with Gasteiger partial charge in [-0.2, -0.15) is 13.2 Å². The zero-order valence-corrected chi connectivity index (χ0v) is 7.78. The third-order valence-electron chi connectivity index (χ3n) is 2.09. The van der Waals surface area contributed by atoms with Gasteiger partial charge in [-0.05, 0) is 12.5 Å². The van der Waals surface area contributed by atoms with Crippen LogP contribution in [0.15, 0.2) is 24.3 Å². The minimum absolute atomic E-state index is 0.0214. The molecule has 15 heavy (non-hydrogen) atoms. The van der Waals surface area contributed by atoms with Gasteiger partial charge in [0, 0.05) is 12.1 Å². The summed E-state index contributed by atoms with van der Waals surface area (Å²) in [5.74, 6) is -1.61. The lowest BCUT2D eigenvalue weighted by molar-refractivity contribution is -0.384. The number of hydrogen-bond acceptors (Lipinski definition) is 2. The minimum atomic E-state index is -4.32. The second kappa shape index (κ2) is 3.88. The Hall–Kier alpha value is -1.59. The summed E-state index contributed by atoms with van der Waals surface area (Å²) in [5, 5.41) is 10.3. The quantitative estimate of drug-likeness (QED) is 0.566. The molecule has 82 valence electrons. The van der Waals surface area contributed by atoms with Crippen molar-refractivity contribution in [2.75, 3.05) is 0 Å². The number of nitro benzene ring substituents is 1. The lowest BCUT2D eigenvalue weighted by Crippen LogP contribution is -2.17. The van der Waals surface area contributed by atoms with Crippen LogP contribution in [0.25, 0.3) is 0 Å². The van der Waals surface area contributed by atoms with Crippen LogP contribution in [0.1, 0.15) is 18.4 Å². The summed E-state index contributed by atoms with van der Waals surface area (Å²) < 4.78 is 36.8. The molecular weight excluding hydrogens is 211 g/mol. The molecule has 0 radical (unpaired) electrons. The van der Waals surface area contributed by atoms with Crippen LogP contribution in [0.3, 0.4) is 0 Å². The summed E-state index contributed by atoms with van der Waals surface area (Å²) in [5.41, 5.74) is -0.193. The van der Waals surface area contributed by atoms with E-state index in [1.165, 1.54) is 0 Å². The van der Waals surface area contributed by atoms with E-state index < -0.39 is 17.0 Å². The number of nitro groups is 1. The summed E-state index contributed by atoms with van der Waals surface area (Å²) in [6.07, 6.45) is -4.32. The molecule has 1 aromatic rings. The van der Waals surface area contributed by atoms with Crippen LogP contribution in [0.5, 0.6) is 0 Å². The Bertz CT molecular complexity index is 359. The largest absolute Gasteiger partial charge is 0.395 e. The first-order valence-corrected chi connectivity index (χ1v) is 4.13. The molecule has 0 N–H and O–H groups in total. The Morgan fingerprint density at radius 2 is 1.73 bits per heavy atom. The van der Waals surface area contributed by atoms with E-state index in [2.05, 4.69) is 0 Å². The SMILES string of the molecule is C[C@@H](c1ccc([N+](=O)[O-])cc1)C(F)(F)F. The standard InChI is InChI=1S/C9H8F3NO2/c1-6(9(10,11)12)7-2-4-8(5-3-7)13(14)15/h2-6H,1H3/t6-/m0/s1. The van der Waals surface area contributed by atoms with E-state index in [0.717, 1.165) is 31.2 Å². The Morgan fingerprint density at radius 3 is 2.07 bits per heavy atom. The van der Waals surface area contributed by atoms with Crippen LogP contribution in [0, 0.1) is 10.1 Å². The molecule has 0 amide bonds. The second-order valence-electron chi connectivity index (χ2n) is 3.11. The van der Waals surface area contributed by atoms with Crippen LogP contribution in [-0.4, -0.2) is 11.1 Å². The third-order valence-corrected chi connectivity index (χ3v) is 2.09. The van der Waals surface area contributed by atoms with Gasteiger partial charge in [-0.1, -0.05) is 12.1 Å². The molecule has 0 unspecified atom stereocenters. The van der Waals surface area contributed by atoms with Crippen LogP contribution in [0.2, 0.25) is 0 Å². The number of hydrogen-bond donors (Lipinski definition) is 0. The summed E-state index contributed by atoms with van der Waals surface area (Å²) in [6.45, 7) is 1.02. The van der Waals surface area contributed by atoms with E-state index in [9.17, 15) is 23.3 Å². The molecular formula is C9H8F3NO2. The maximum absolute atomic E-state index is 12.3. The van der Waals surface area contributed by atoms with E-state index >= 15 is 0 Å². The van der Waals surface area contributed by atoms with Crippen LogP contribution < -0.4 is 0 Å². The predicted molar refractivity (Wildman–Crippen MR) is 47.6 cm³/mol. The lowest BCUT2D eigenvalue weighted by atomic mass is 10.0. The van der Waals surface area contributed by atoms with Gasteiger partial charge in [0.15, 0.2) is 0 Å². The van der Waals surface area contributed by atoms with Gasteiger partial charge in [0.05, 0.1) is 10.8 Å². The van der Waals surface area contributed by atoms with Crippen molar-refractivity contribution in [2.24, 2.45) is 0 Å². The van der Waals surface area contributed by atoms with Crippen molar-refractivity contribution in [3.8, 4) is 0 Å². The fraction of sp³-hybridized carbons (Fsp3) is 0.333. The zero-order valence-electron chi connectivity index (χ0n) is 7.78. The summed E-state index contributed by atoms with van der Waals surface area (Å²) >= 11 is 0. The Kier molecular flexibility index (Phi) is 2.97. The van der Waals surface area contributed by atoms with E-state index in [1.54, 1.807) is 0 Å². The molecule has 1 rings (SSSR count). The van der Waals surface area contributed by atoms with Crippen molar-refractivity contribution >= 4 is 5.69 Å². The Labute approximate surface area is 83.7 Å². The fourth-order valence-electron chi connectivity index (χ4n) is 1.07. The molecule has 0 aliphatic carbocycles. The van der Waals surface area contributed by atoms with E-state index in [0.29, 0.717) is 0 Å². The molecule has 1 aromatic carbocycles. The molecule has 0 aromatic heterocycles. The van der Waals surface area contributed by atoms with E-state index in [1.807, 2.05) is 0 Å². The number of nitrogens with zero attached hydrogens (tertiary/aromatic N) is 1. The monoisotopic (exact) mass is 219 g/mol. The maximum Gasteiger partial charge on any atom is 0.395 e. The molecule has 0 heterocycles. The topological polar surface area (TPSA) is 43.1 Å². The highest BCUT2D eigenvalue weighted by atomic mass is 19.4. The molecule has 0 saturated carbocycles. The van der Waals surface area contributed by atoms with Crippen molar-refractivity contribution in [1.29, 1.82) is 0 Å². The summed E-state index contributed by atoms with van der Waals surface area (Å²) in [6, 6.07) is 4.38. The van der Waals surface area contributed by atoms with Gasteiger partial charge in [0.2, 0.25) is 0 Å². The van der Waals surface area contributed by atoms with Crippen molar-refractivity contribution < 1.29 is 18.1 Å². The first kappa shape index (κ1) is 11.5. The number of halogens is 3. The van der Waals surface area contributed by atoms with Crippen molar-refractivity contribution in [2.45, 2.75) is 19.0 Å². The molecule has 6 heteroatoms. The van der Waals surface area contributed by atoms with Crippen LogP contribution >= 0.6 is 0 Å². The van der Waals surface area contributed by atoms with Gasteiger partial charge in [-0.3, -0.25) is 10.1 Å². The molecule has 0 fully saturated rings. The number of alkyl halides is 3. The molecule has 3 nitrogen and oxygen atoms in total. The molecule has 0 saturated heterocycles. The van der Waals surface area contributed by atoms with Gasteiger partial charge in [-0.15, -0.1) is 0 Å². The van der Waals surface area contributed by atoms with Gasteiger partial charge >= 0.3 is 6.18 Å². The summed E-state index contributed by atoms with van der Waals surface area (Å²) in [4.78, 5) is 9.61. The summed E-state index contributed by atoms with van der Waals surface area (Å²) in [7, 11) is 0. The molecule has 0 spiro atoms. The number of rotatable bonds is 2. The van der Waals surface area contributed by atoms with Crippen molar-refractivity contribution in [1.82, 2.24) is 0 Å². The minimum Gasteiger partial charge on any atom is -0.258 e. The Morgan fingerprint density at radius 1 is 1.27 bits per heavy atom. The molecule has 0 aliphatic heterocycles. The highest BCUT2D eigenvalue weighted by Crippen LogP contribution is 2.34. The Balaban J connectivity index is 2.94. The fourth-order valence-corrected chi connectivity index (χ4v) is 1.07. The van der Waals surface area contributed by atoms with Crippen molar-refractivity contribution in [3.63, 3.8) is 0 Å². The first-order valence-electron chi connectivity index (χ1n) is 4.13. The molecule has 0 aliphatic rings. The van der Waals surface area contributed by atoms with Gasteiger partial charge in [0.25, 0.3) is 5.69 Å². The predicted octanol–water partition coefficient (Wildman–Crippen LogP) is 3.26. The molecule has 1 atom stereocenters. The average Bonchev–Trinajstić information content (AvgIpc) is 2.15. The normalized spacial score (nSPS) is 13.6. The molecule has 0 bridgehead atoms. The van der Waals surface area contributed by atoms with Crippen LogP contribution in [-0.2, 0) is 0 Å². The van der Waals surface area contributed by atoms with E-state index in [-0.39, 0.29) is 11.3 Å².